The highest BCUT2D eigenvalue weighted by Gasteiger charge is 2.28. The first-order valence-corrected chi connectivity index (χ1v) is 10.9. The van der Waals surface area contributed by atoms with Crippen LogP contribution in [0.3, 0.4) is 0 Å². The molecule has 0 saturated carbocycles. The third-order valence-electron chi connectivity index (χ3n) is 5.83. The van der Waals surface area contributed by atoms with Crippen LogP contribution in [0.2, 0.25) is 0 Å². The Morgan fingerprint density at radius 3 is 2.38 bits per heavy atom. The fraction of sp³-hybridized carbons (Fsp3) is 0.375. The molecule has 1 aromatic carbocycles. The normalized spacial score (nSPS) is 16.9. The number of nitrogens with zero attached hydrogens (tertiary/aromatic N) is 1. The SMILES string of the molecule is Cl.O=C(Nc1ccccc1NC(=O)C1=CCCC1)OC(c1ccncc1)C1CCNCC1. The molecule has 1 unspecified atom stereocenters. The van der Waals surface area contributed by atoms with E-state index in [0.29, 0.717) is 11.4 Å². The maximum atomic E-state index is 12.8. The topological polar surface area (TPSA) is 92.4 Å². The van der Waals surface area contributed by atoms with E-state index in [2.05, 4.69) is 20.9 Å². The average molecular weight is 457 g/mol. The van der Waals surface area contributed by atoms with Gasteiger partial charge in [0, 0.05) is 23.9 Å². The van der Waals surface area contributed by atoms with Crippen molar-refractivity contribution in [2.24, 2.45) is 5.92 Å². The Morgan fingerprint density at radius 2 is 1.72 bits per heavy atom. The van der Waals surface area contributed by atoms with Gasteiger partial charge in [-0.05, 0) is 75.0 Å². The molecule has 1 fully saturated rings. The van der Waals surface area contributed by atoms with Crippen molar-refractivity contribution in [2.45, 2.75) is 38.2 Å². The number of piperidine rings is 1. The smallest absolute Gasteiger partial charge is 0.412 e. The number of aromatic nitrogens is 1. The molecule has 2 heterocycles. The van der Waals surface area contributed by atoms with Crippen LogP contribution in [0.15, 0.2) is 60.4 Å². The van der Waals surface area contributed by atoms with Crippen molar-refractivity contribution in [3.63, 3.8) is 0 Å². The number of carbonyl (C=O) groups excluding carboxylic acids is 2. The lowest BCUT2D eigenvalue weighted by Crippen LogP contribution is -2.33. The molecule has 3 N–H and O–H groups in total. The molecule has 170 valence electrons. The first-order chi connectivity index (χ1) is 15.2. The number of para-hydroxylation sites is 2. The first kappa shape index (κ1) is 23.8. The molecule has 7 nitrogen and oxygen atoms in total. The zero-order valence-corrected chi connectivity index (χ0v) is 18.7. The van der Waals surface area contributed by atoms with E-state index in [4.69, 9.17) is 4.74 Å². The lowest BCUT2D eigenvalue weighted by atomic mass is 9.88. The van der Waals surface area contributed by atoms with E-state index < -0.39 is 6.09 Å². The van der Waals surface area contributed by atoms with E-state index in [1.807, 2.05) is 30.3 Å². The Balaban J connectivity index is 0.00000289. The number of hydrogen-bond donors (Lipinski definition) is 3. The molecular formula is C24H29ClN4O3. The van der Waals surface area contributed by atoms with Crippen molar-refractivity contribution in [3.05, 3.63) is 66.0 Å². The van der Waals surface area contributed by atoms with Crippen LogP contribution < -0.4 is 16.0 Å². The molecule has 2 aliphatic rings. The Labute approximate surface area is 194 Å². The molecule has 0 spiro atoms. The monoisotopic (exact) mass is 456 g/mol. The van der Waals surface area contributed by atoms with E-state index in [0.717, 1.165) is 56.3 Å². The van der Waals surface area contributed by atoms with Gasteiger partial charge in [-0.2, -0.15) is 0 Å². The van der Waals surface area contributed by atoms with E-state index >= 15 is 0 Å². The van der Waals surface area contributed by atoms with Crippen LogP contribution in [0.25, 0.3) is 0 Å². The number of nitrogens with one attached hydrogen (secondary N) is 3. The summed E-state index contributed by atoms with van der Waals surface area (Å²) in [6.45, 7) is 1.81. The summed E-state index contributed by atoms with van der Waals surface area (Å²) >= 11 is 0. The fourth-order valence-electron chi connectivity index (χ4n) is 4.17. The molecule has 2 amide bonds. The van der Waals surface area contributed by atoms with Gasteiger partial charge in [-0.15, -0.1) is 12.4 Å². The van der Waals surface area contributed by atoms with Gasteiger partial charge < -0.3 is 15.4 Å². The Morgan fingerprint density at radius 1 is 1.03 bits per heavy atom. The van der Waals surface area contributed by atoms with Gasteiger partial charge in [0.05, 0.1) is 11.4 Å². The minimum absolute atomic E-state index is 0. The van der Waals surface area contributed by atoms with E-state index in [1.54, 1.807) is 24.5 Å². The summed E-state index contributed by atoms with van der Waals surface area (Å²) in [4.78, 5) is 29.4. The largest absolute Gasteiger partial charge is 0.441 e. The van der Waals surface area contributed by atoms with Crippen molar-refractivity contribution in [1.29, 1.82) is 0 Å². The summed E-state index contributed by atoms with van der Waals surface area (Å²) in [7, 11) is 0. The second kappa shape index (κ2) is 11.6. The van der Waals surface area contributed by atoms with E-state index in [-0.39, 0.29) is 30.3 Å². The number of pyridine rings is 1. The van der Waals surface area contributed by atoms with Gasteiger partial charge in [0.2, 0.25) is 0 Å². The van der Waals surface area contributed by atoms with Crippen LogP contribution in [-0.2, 0) is 9.53 Å². The summed E-state index contributed by atoms with van der Waals surface area (Å²) in [5.74, 6) is 0.114. The predicted octanol–water partition coefficient (Wildman–Crippen LogP) is 4.84. The molecule has 4 rings (SSSR count). The quantitative estimate of drug-likeness (QED) is 0.578. The molecule has 1 aliphatic heterocycles. The standard InChI is InChI=1S/C24H28N4O3.ClH/c29-23(19-5-1-2-6-19)27-20-7-3-4-8-21(20)28-24(30)31-22(17-9-13-25-14-10-17)18-11-15-26-16-12-18;/h3-5,7-10,13-14,18,22,26H,1-2,6,11-12,15-16H2,(H,27,29)(H,28,30);1H. The highest BCUT2D eigenvalue weighted by Crippen LogP contribution is 2.33. The van der Waals surface area contributed by atoms with Crippen molar-refractivity contribution < 1.29 is 14.3 Å². The molecule has 2 aromatic rings. The summed E-state index contributed by atoms with van der Waals surface area (Å²) in [6.07, 6.45) is 9.09. The second-order valence-corrected chi connectivity index (χ2v) is 7.94. The minimum Gasteiger partial charge on any atom is -0.441 e. The van der Waals surface area contributed by atoms with Crippen LogP contribution in [-0.4, -0.2) is 30.1 Å². The Kier molecular flexibility index (Phi) is 8.64. The highest BCUT2D eigenvalue weighted by atomic mass is 35.5. The van der Waals surface area contributed by atoms with Crippen LogP contribution in [0.5, 0.6) is 0 Å². The second-order valence-electron chi connectivity index (χ2n) is 7.94. The van der Waals surface area contributed by atoms with Gasteiger partial charge in [-0.1, -0.05) is 18.2 Å². The number of benzene rings is 1. The summed E-state index contributed by atoms with van der Waals surface area (Å²) < 4.78 is 5.91. The third kappa shape index (κ3) is 6.08. The van der Waals surface area contributed by atoms with E-state index in [1.165, 1.54) is 0 Å². The van der Waals surface area contributed by atoms with Crippen LogP contribution in [0.4, 0.5) is 16.2 Å². The Hall–Kier alpha value is -2.90. The molecule has 1 saturated heterocycles. The predicted molar refractivity (Wildman–Crippen MR) is 127 cm³/mol. The van der Waals surface area contributed by atoms with Gasteiger partial charge in [0.15, 0.2) is 0 Å². The number of hydrogen-bond acceptors (Lipinski definition) is 5. The fourth-order valence-corrected chi connectivity index (χ4v) is 4.17. The van der Waals surface area contributed by atoms with Crippen LogP contribution in [0.1, 0.15) is 43.8 Å². The highest BCUT2D eigenvalue weighted by molar-refractivity contribution is 6.06. The zero-order chi connectivity index (χ0) is 21.5. The summed E-state index contributed by atoms with van der Waals surface area (Å²) in [5, 5.41) is 9.08. The van der Waals surface area contributed by atoms with E-state index in [9.17, 15) is 9.59 Å². The van der Waals surface area contributed by atoms with Crippen molar-refractivity contribution in [3.8, 4) is 0 Å². The molecule has 32 heavy (non-hydrogen) atoms. The number of anilines is 2. The average Bonchev–Trinajstić information content (AvgIpc) is 3.35. The van der Waals surface area contributed by atoms with Crippen LogP contribution >= 0.6 is 12.4 Å². The number of ether oxygens (including phenoxy) is 1. The molecule has 1 aliphatic carbocycles. The Bertz CT molecular complexity index is 945. The molecule has 1 atom stereocenters. The van der Waals surface area contributed by atoms with Gasteiger partial charge in [0.1, 0.15) is 6.10 Å². The van der Waals surface area contributed by atoms with Gasteiger partial charge in [0.25, 0.3) is 5.91 Å². The van der Waals surface area contributed by atoms with Crippen molar-refractivity contribution in [2.75, 3.05) is 23.7 Å². The number of rotatable bonds is 6. The zero-order valence-electron chi connectivity index (χ0n) is 17.9. The minimum atomic E-state index is -0.540. The molecular weight excluding hydrogens is 428 g/mol. The summed E-state index contributed by atoms with van der Waals surface area (Å²) in [5.41, 5.74) is 2.80. The van der Waals surface area contributed by atoms with Gasteiger partial charge >= 0.3 is 6.09 Å². The maximum absolute atomic E-state index is 12.8. The first-order valence-electron chi connectivity index (χ1n) is 10.9. The lowest BCUT2D eigenvalue weighted by Gasteiger charge is -2.30. The molecule has 8 heteroatoms. The number of allylic oxidation sites excluding steroid dienone is 1. The van der Waals surface area contributed by atoms with Crippen molar-refractivity contribution in [1.82, 2.24) is 10.3 Å². The molecule has 0 bridgehead atoms. The van der Waals surface area contributed by atoms with Gasteiger partial charge in [-0.25, -0.2) is 4.79 Å². The lowest BCUT2D eigenvalue weighted by molar-refractivity contribution is -0.112. The number of amides is 2. The van der Waals surface area contributed by atoms with Crippen LogP contribution in [0, 0.1) is 5.92 Å². The maximum Gasteiger partial charge on any atom is 0.412 e. The molecule has 0 radical (unpaired) electrons. The molecule has 1 aromatic heterocycles. The number of halogens is 1. The third-order valence-corrected chi connectivity index (χ3v) is 5.83. The summed E-state index contributed by atoms with van der Waals surface area (Å²) in [6, 6.07) is 11.0. The van der Waals surface area contributed by atoms with Gasteiger partial charge in [-0.3, -0.25) is 15.1 Å². The number of carbonyl (C=O) groups is 2. The van der Waals surface area contributed by atoms with Crippen molar-refractivity contribution >= 4 is 35.8 Å².